The molecule has 0 radical (unpaired) electrons. The first-order valence-electron chi connectivity index (χ1n) is 9.33. The second-order valence-electron chi connectivity index (χ2n) is 6.70. The molecular formula is C23H25NO5S. The minimum atomic E-state index is -1.26. The first-order chi connectivity index (χ1) is 14.4. The van der Waals surface area contributed by atoms with Crippen LogP contribution in [0.15, 0.2) is 72.1 Å². The molecule has 2 N–H and O–H groups in total. The molecule has 0 bridgehead atoms. The minimum absolute atomic E-state index is 0.105. The number of ether oxygens (including phenoxy) is 1. The fraction of sp³-hybridized carbons (Fsp3) is 0.217. The number of carboxylic acids is 2. The Balaban J connectivity index is 0.000000343. The van der Waals surface area contributed by atoms with Gasteiger partial charge in [-0.05, 0) is 37.0 Å². The third-order valence-electron chi connectivity index (χ3n) is 4.09. The van der Waals surface area contributed by atoms with Gasteiger partial charge in [-0.1, -0.05) is 42.5 Å². The molecule has 1 heterocycles. The van der Waals surface area contributed by atoms with E-state index in [1.807, 2.05) is 0 Å². The van der Waals surface area contributed by atoms with Crippen LogP contribution in [0.4, 0.5) is 0 Å². The Bertz CT molecular complexity index is 961. The first kappa shape index (κ1) is 23.1. The average Bonchev–Trinajstić information content (AvgIpc) is 3.25. The average molecular weight is 428 g/mol. The molecule has 0 unspecified atom stereocenters. The molecule has 0 aliphatic carbocycles. The molecule has 30 heavy (non-hydrogen) atoms. The lowest BCUT2D eigenvalue weighted by atomic mass is 10.1. The summed E-state index contributed by atoms with van der Waals surface area (Å²) in [7, 11) is 4.20. The topological polar surface area (TPSA) is 87.1 Å². The summed E-state index contributed by atoms with van der Waals surface area (Å²) in [4.78, 5) is 22.6. The maximum atomic E-state index is 9.55. The summed E-state index contributed by atoms with van der Waals surface area (Å²) in [6.45, 7) is 1.01. The van der Waals surface area contributed by atoms with Crippen molar-refractivity contribution in [2.75, 3.05) is 20.6 Å². The van der Waals surface area contributed by atoms with E-state index in [-0.39, 0.29) is 6.10 Å². The van der Waals surface area contributed by atoms with Gasteiger partial charge in [0.1, 0.15) is 11.9 Å². The van der Waals surface area contributed by atoms with Gasteiger partial charge in [-0.2, -0.15) is 0 Å². The molecule has 1 atom stereocenters. The second kappa shape index (κ2) is 11.7. The summed E-state index contributed by atoms with van der Waals surface area (Å²) < 4.78 is 6.41. The van der Waals surface area contributed by atoms with Gasteiger partial charge < -0.3 is 19.8 Å². The fourth-order valence-electron chi connectivity index (χ4n) is 2.70. The monoisotopic (exact) mass is 427 g/mol. The summed E-state index contributed by atoms with van der Waals surface area (Å²) in [5.74, 6) is -1.55. The molecule has 0 aliphatic rings. The van der Waals surface area contributed by atoms with E-state index in [0.29, 0.717) is 12.2 Å². The van der Waals surface area contributed by atoms with Crippen molar-refractivity contribution in [3.63, 3.8) is 0 Å². The summed E-state index contributed by atoms with van der Waals surface area (Å²) in [6, 6.07) is 18.9. The zero-order chi connectivity index (χ0) is 21.9. The molecule has 0 aliphatic heterocycles. The van der Waals surface area contributed by atoms with E-state index in [1.165, 1.54) is 15.6 Å². The number of rotatable bonds is 8. The van der Waals surface area contributed by atoms with Crippen molar-refractivity contribution in [2.45, 2.75) is 12.5 Å². The SMILES string of the molecule is CN(C)CC[C@@H](Oc1cccc2ccccc12)c1cccs1.O=C(O)/C=C\C(=O)O. The lowest BCUT2D eigenvalue weighted by Gasteiger charge is -2.21. The van der Waals surface area contributed by atoms with Gasteiger partial charge in [0.15, 0.2) is 0 Å². The number of nitrogens with zero attached hydrogens (tertiary/aromatic N) is 1. The van der Waals surface area contributed by atoms with Crippen LogP contribution in [-0.2, 0) is 9.59 Å². The van der Waals surface area contributed by atoms with E-state index >= 15 is 0 Å². The number of carboxylic acid groups (broad SMARTS) is 2. The van der Waals surface area contributed by atoms with Crippen molar-refractivity contribution in [3.05, 3.63) is 77.0 Å². The smallest absolute Gasteiger partial charge is 0.328 e. The van der Waals surface area contributed by atoms with Crippen molar-refractivity contribution in [1.82, 2.24) is 4.90 Å². The molecule has 0 amide bonds. The first-order valence-corrected chi connectivity index (χ1v) is 10.2. The summed E-state index contributed by atoms with van der Waals surface area (Å²) in [5.41, 5.74) is 0. The van der Waals surface area contributed by atoms with E-state index < -0.39 is 11.9 Å². The van der Waals surface area contributed by atoms with Crippen LogP contribution in [-0.4, -0.2) is 47.7 Å². The van der Waals surface area contributed by atoms with E-state index in [4.69, 9.17) is 14.9 Å². The molecule has 0 saturated carbocycles. The Morgan fingerprint density at radius 3 is 2.27 bits per heavy atom. The van der Waals surface area contributed by atoms with Gasteiger partial charge in [-0.3, -0.25) is 0 Å². The Morgan fingerprint density at radius 2 is 1.67 bits per heavy atom. The molecule has 158 valence electrons. The van der Waals surface area contributed by atoms with E-state index in [9.17, 15) is 9.59 Å². The third kappa shape index (κ3) is 7.69. The van der Waals surface area contributed by atoms with Crippen LogP contribution < -0.4 is 4.74 Å². The highest BCUT2D eigenvalue weighted by molar-refractivity contribution is 7.10. The van der Waals surface area contributed by atoms with Crippen molar-refractivity contribution >= 4 is 34.0 Å². The largest absolute Gasteiger partial charge is 0.484 e. The zero-order valence-corrected chi connectivity index (χ0v) is 17.7. The van der Waals surface area contributed by atoms with Gasteiger partial charge >= 0.3 is 11.9 Å². The Hall–Kier alpha value is -3.16. The number of hydrogen-bond donors (Lipinski definition) is 2. The van der Waals surface area contributed by atoms with Crippen LogP contribution >= 0.6 is 11.3 Å². The van der Waals surface area contributed by atoms with Crippen molar-refractivity contribution in [2.24, 2.45) is 0 Å². The molecule has 0 saturated heterocycles. The Labute approximate surface area is 179 Å². The predicted octanol–water partition coefficient (Wildman–Crippen LogP) is 4.68. The third-order valence-corrected chi connectivity index (χ3v) is 5.05. The van der Waals surface area contributed by atoms with E-state index in [0.717, 1.165) is 18.7 Å². The van der Waals surface area contributed by atoms with Crippen LogP contribution in [0.25, 0.3) is 10.8 Å². The van der Waals surface area contributed by atoms with Crippen molar-refractivity contribution < 1.29 is 24.5 Å². The summed E-state index contributed by atoms with van der Waals surface area (Å²) >= 11 is 1.76. The molecule has 1 aromatic heterocycles. The molecule has 0 spiro atoms. The molecular weight excluding hydrogens is 402 g/mol. The molecule has 3 aromatic rings. The van der Waals surface area contributed by atoms with Crippen LogP contribution in [0.5, 0.6) is 5.75 Å². The lowest BCUT2D eigenvalue weighted by Crippen LogP contribution is -2.18. The van der Waals surface area contributed by atoms with Gasteiger partial charge in [0, 0.05) is 35.4 Å². The number of aliphatic carboxylic acids is 2. The maximum absolute atomic E-state index is 9.55. The molecule has 2 aromatic carbocycles. The van der Waals surface area contributed by atoms with E-state index in [1.54, 1.807) is 11.3 Å². The van der Waals surface area contributed by atoms with Gasteiger partial charge in [0.25, 0.3) is 0 Å². The maximum Gasteiger partial charge on any atom is 0.328 e. The predicted molar refractivity (Wildman–Crippen MR) is 119 cm³/mol. The lowest BCUT2D eigenvalue weighted by molar-refractivity contribution is -0.134. The number of hydrogen-bond acceptors (Lipinski definition) is 5. The second-order valence-corrected chi connectivity index (χ2v) is 7.68. The van der Waals surface area contributed by atoms with Crippen molar-refractivity contribution in [1.29, 1.82) is 0 Å². The normalized spacial score (nSPS) is 11.8. The number of thiophene rings is 1. The highest BCUT2D eigenvalue weighted by atomic mass is 32.1. The van der Waals surface area contributed by atoms with Gasteiger partial charge in [0.2, 0.25) is 0 Å². The highest BCUT2D eigenvalue weighted by Gasteiger charge is 2.16. The van der Waals surface area contributed by atoms with Gasteiger partial charge in [-0.25, -0.2) is 9.59 Å². The minimum Gasteiger partial charge on any atom is -0.484 e. The van der Waals surface area contributed by atoms with Crippen molar-refractivity contribution in [3.8, 4) is 5.75 Å². The molecule has 7 heteroatoms. The number of benzene rings is 2. The molecule has 6 nitrogen and oxygen atoms in total. The van der Waals surface area contributed by atoms with Gasteiger partial charge in [-0.15, -0.1) is 11.3 Å². The quantitative estimate of drug-likeness (QED) is 0.508. The number of fused-ring (bicyclic) bond motifs is 1. The van der Waals surface area contributed by atoms with Gasteiger partial charge in [0.05, 0.1) is 0 Å². The summed E-state index contributed by atoms with van der Waals surface area (Å²) in [5, 5.41) is 20.1. The Morgan fingerprint density at radius 1 is 1.00 bits per heavy atom. The number of carbonyl (C=O) groups is 2. The molecule has 0 fully saturated rings. The zero-order valence-electron chi connectivity index (χ0n) is 16.9. The van der Waals surface area contributed by atoms with Crippen LogP contribution in [0, 0.1) is 0 Å². The van der Waals surface area contributed by atoms with Crippen LogP contribution in [0.1, 0.15) is 17.4 Å². The van der Waals surface area contributed by atoms with Crippen LogP contribution in [0.3, 0.4) is 0 Å². The van der Waals surface area contributed by atoms with Crippen LogP contribution in [0.2, 0.25) is 0 Å². The Kier molecular flexibility index (Phi) is 9.05. The summed E-state index contributed by atoms with van der Waals surface area (Å²) in [6.07, 6.45) is 2.20. The standard InChI is InChI=1S/C19H21NOS.C4H4O4/c1-20(2)13-12-18(19-11-6-14-22-19)21-17-10-5-8-15-7-3-4-9-16(15)17;5-3(6)1-2-4(7)8/h3-11,14,18H,12-13H2,1-2H3;1-2H,(H,5,6)(H,7,8)/b;2-1-/t18-;/m1./s1. The van der Waals surface area contributed by atoms with E-state index in [2.05, 4.69) is 79.0 Å². The molecule has 3 rings (SSSR count). The highest BCUT2D eigenvalue weighted by Crippen LogP contribution is 2.32. The fourth-order valence-corrected chi connectivity index (χ4v) is 3.49.